The van der Waals surface area contributed by atoms with Crippen molar-refractivity contribution in [2.75, 3.05) is 28.4 Å². The Bertz CT molecular complexity index is 1290. The van der Waals surface area contributed by atoms with Crippen molar-refractivity contribution in [2.45, 2.75) is 63.9 Å². The van der Waals surface area contributed by atoms with Gasteiger partial charge in [-0.25, -0.2) is 4.79 Å². The Balaban J connectivity index is 1.90. The number of cyclic esters (lactones) is 1. The Morgan fingerprint density at radius 1 is 0.850 bits per heavy atom. The number of carbonyl (C=O) groups excluding carboxylic acids is 3. The molecule has 0 N–H and O–H groups in total. The Labute approximate surface area is 234 Å². The van der Waals surface area contributed by atoms with Gasteiger partial charge in [0.15, 0.2) is 11.5 Å². The van der Waals surface area contributed by atoms with Crippen LogP contribution in [0.1, 0.15) is 84.8 Å². The molecule has 40 heavy (non-hydrogen) atoms. The maximum Gasteiger partial charge on any atom is 0.342 e. The lowest BCUT2D eigenvalue weighted by atomic mass is 9.83. The summed E-state index contributed by atoms with van der Waals surface area (Å²) in [7, 11) is 6.04. The zero-order valence-electron chi connectivity index (χ0n) is 23.7. The second-order valence-corrected chi connectivity index (χ2v) is 9.92. The zero-order valence-corrected chi connectivity index (χ0v) is 23.7. The number of rotatable bonds is 5. The minimum atomic E-state index is -0.546. The van der Waals surface area contributed by atoms with E-state index in [2.05, 4.69) is 0 Å². The Morgan fingerprint density at radius 3 is 2.17 bits per heavy atom. The average Bonchev–Trinajstić information content (AvgIpc) is 2.94. The van der Waals surface area contributed by atoms with E-state index in [0.717, 1.165) is 0 Å². The highest BCUT2D eigenvalue weighted by molar-refractivity contribution is 5.99. The lowest BCUT2D eigenvalue weighted by Crippen LogP contribution is -2.24. The summed E-state index contributed by atoms with van der Waals surface area (Å²) in [5.41, 5.74) is 2.02. The maximum absolute atomic E-state index is 13.6. The van der Waals surface area contributed by atoms with E-state index in [9.17, 15) is 14.4 Å². The van der Waals surface area contributed by atoms with Gasteiger partial charge in [-0.05, 0) is 61.9 Å². The molecule has 0 amide bonds. The number of Topliss-reactive ketones (excluding diaryl/α,β-unsaturated/α-hetero) is 1. The standard InChI is InChI=1S/C31H36O9/c1-18-10-9-13-21(32)12-8-6-7-11-19-14-23-28(30(38-5)27(19)31(34)39-18)22(17-26(33)40-23)20-15-24(35-2)29(37-4)25(16-20)36-3/h7,11,14-16,18,22H,6,8-10,12-13,17H2,1-5H3/b11-7+/t18-,22?/m0/s1. The van der Waals surface area contributed by atoms with Crippen LogP contribution >= 0.6 is 0 Å². The van der Waals surface area contributed by atoms with Crippen LogP contribution in [0.5, 0.6) is 28.7 Å². The molecule has 2 aromatic rings. The third kappa shape index (κ3) is 6.08. The van der Waals surface area contributed by atoms with E-state index in [0.29, 0.717) is 78.2 Å². The van der Waals surface area contributed by atoms with Gasteiger partial charge in [0.05, 0.1) is 41.0 Å². The molecule has 0 bridgehead atoms. The first kappa shape index (κ1) is 29.0. The van der Waals surface area contributed by atoms with E-state index >= 15 is 0 Å². The van der Waals surface area contributed by atoms with Crippen molar-refractivity contribution in [2.24, 2.45) is 0 Å². The number of fused-ring (bicyclic) bond motifs is 2. The van der Waals surface area contributed by atoms with Crippen molar-refractivity contribution in [3.63, 3.8) is 0 Å². The summed E-state index contributed by atoms with van der Waals surface area (Å²) in [5.74, 6) is 0.587. The van der Waals surface area contributed by atoms with Crippen LogP contribution in [-0.2, 0) is 14.3 Å². The Hall–Kier alpha value is -4.01. The molecule has 0 spiro atoms. The number of carbonyl (C=O) groups is 3. The van der Waals surface area contributed by atoms with Crippen LogP contribution in [-0.4, -0.2) is 52.3 Å². The minimum Gasteiger partial charge on any atom is -0.495 e. The summed E-state index contributed by atoms with van der Waals surface area (Å²) >= 11 is 0. The fraction of sp³-hybridized carbons (Fsp3) is 0.452. The van der Waals surface area contributed by atoms with E-state index in [1.807, 2.05) is 13.0 Å². The van der Waals surface area contributed by atoms with Gasteiger partial charge in [0, 0.05) is 24.3 Å². The number of methoxy groups -OCH3 is 4. The van der Waals surface area contributed by atoms with Gasteiger partial charge in [0.1, 0.15) is 22.8 Å². The largest absolute Gasteiger partial charge is 0.495 e. The first-order valence-corrected chi connectivity index (χ1v) is 13.5. The number of hydrogen-bond donors (Lipinski definition) is 0. The molecule has 0 fully saturated rings. The zero-order chi connectivity index (χ0) is 28.8. The highest BCUT2D eigenvalue weighted by Gasteiger charge is 2.37. The predicted octanol–water partition coefficient (Wildman–Crippen LogP) is 5.64. The van der Waals surface area contributed by atoms with Crippen LogP contribution in [0.2, 0.25) is 0 Å². The van der Waals surface area contributed by atoms with E-state index in [-0.39, 0.29) is 23.5 Å². The van der Waals surface area contributed by atoms with Gasteiger partial charge in [0.2, 0.25) is 5.75 Å². The molecule has 0 aromatic heterocycles. The summed E-state index contributed by atoms with van der Waals surface area (Å²) in [6.45, 7) is 1.81. The van der Waals surface area contributed by atoms with Crippen LogP contribution in [0.25, 0.3) is 6.08 Å². The highest BCUT2D eigenvalue weighted by Crippen LogP contribution is 2.50. The molecule has 0 radical (unpaired) electrons. The number of hydrogen-bond acceptors (Lipinski definition) is 9. The molecule has 2 aliphatic heterocycles. The topological polar surface area (TPSA) is 107 Å². The molecule has 0 saturated heterocycles. The first-order valence-electron chi connectivity index (χ1n) is 13.5. The quantitative estimate of drug-likeness (QED) is 0.344. The van der Waals surface area contributed by atoms with Gasteiger partial charge in [-0.2, -0.15) is 0 Å². The van der Waals surface area contributed by atoms with Gasteiger partial charge in [-0.15, -0.1) is 0 Å². The van der Waals surface area contributed by atoms with Crippen LogP contribution in [0.4, 0.5) is 0 Å². The lowest BCUT2D eigenvalue weighted by molar-refractivity contribution is -0.135. The van der Waals surface area contributed by atoms with Crippen molar-refractivity contribution in [1.82, 2.24) is 0 Å². The second kappa shape index (κ2) is 12.9. The Kier molecular flexibility index (Phi) is 9.34. The smallest absolute Gasteiger partial charge is 0.342 e. The number of esters is 2. The molecule has 0 saturated carbocycles. The van der Waals surface area contributed by atoms with Crippen molar-refractivity contribution in [3.8, 4) is 28.7 Å². The molecule has 9 nitrogen and oxygen atoms in total. The fourth-order valence-electron chi connectivity index (χ4n) is 5.30. The van der Waals surface area contributed by atoms with Gasteiger partial charge in [-0.1, -0.05) is 12.2 Å². The molecule has 0 aliphatic carbocycles. The minimum absolute atomic E-state index is 0.0100. The fourth-order valence-corrected chi connectivity index (χ4v) is 5.30. The molecular weight excluding hydrogens is 516 g/mol. The molecule has 2 heterocycles. The molecule has 1 unspecified atom stereocenters. The predicted molar refractivity (Wildman–Crippen MR) is 148 cm³/mol. The molecule has 9 heteroatoms. The third-order valence-corrected chi connectivity index (χ3v) is 7.25. The number of benzene rings is 2. The van der Waals surface area contributed by atoms with Crippen molar-refractivity contribution in [3.05, 3.63) is 46.5 Å². The van der Waals surface area contributed by atoms with Crippen LogP contribution in [0.3, 0.4) is 0 Å². The average molecular weight is 553 g/mol. The Morgan fingerprint density at radius 2 is 1.52 bits per heavy atom. The SMILES string of the molecule is COc1cc(C2CC(=O)Oc3cc4c(c(OC)c32)C(=O)O[C@@H](C)CCCC(=O)CCC/C=C/4)cc(OC)c1OC. The van der Waals surface area contributed by atoms with E-state index in [1.165, 1.54) is 28.4 Å². The van der Waals surface area contributed by atoms with Crippen LogP contribution < -0.4 is 23.7 Å². The second-order valence-electron chi connectivity index (χ2n) is 9.92. The van der Waals surface area contributed by atoms with Crippen molar-refractivity contribution < 1.29 is 42.8 Å². The van der Waals surface area contributed by atoms with Gasteiger partial charge >= 0.3 is 11.9 Å². The van der Waals surface area contributed by atoms with E-state index in [4.69, 9.17) is 28.4 Å². The van der Waals surface area contributed by atoms with E-state index in [1.54, 1.807) is 24.3 Å². The van der Waals surface area contributed by atoms with Gasteiger partial charge in [-0.3, -0.25) is 9.59 Å². The number of ketones is 1. The van der Waals surface area contributed by atoms with Crippen molar-refractivity contribution in [1.29, 1.82) is 0 Å². The molecule has 4 rings (SSSR count). The lowest BCUT2D eigenvalue weighted by Gasteiger charge is -2.29. The monoisotopic (exact) mass is 552 g/mol. The highest BCUT2D eigenvalue weighted by atomic mass is 16.6. The normalized spacial score (nSPS) is 20.7. The summed E-state index contributed by atoms with van der Waals surface area (Å²) < 4.78 is 34.0. The first-order chi connectivity index (χ1) is 19.3. The molecule has 214 valence electrons. The summed E-state index contributed by atoms with van der Waals surface area (Å²) in [6.07, 6.45) is 6.87. The van der Waals surface area contributed by atoms with Crippen LogP contribution in [0, 0.1) is 0 Å². The number of allylic oxidation sites excluding steroid dienone is 1. The number of ether oxygens (including phenoxy) is 6. The van der Waals surface area contributed by atoms with Crippen LogP contribution in [0.15, 0.2) is 24.3 Å². The third-order valence-electron chi connectivity index (χ3n) is 7.25. The van der Waals surface area contributed by atoms with Gasteiger partial charge in [0.25, 0.3) is 0 Å². The van der Waals surface area contributed by atoms with Gasteiger partial charge < -0.3 is 28.4 Å². The van der Waals surface area contributed by atoms with Crippen molar-refractivity contribution >= 4 is 23.8 Å². The summed E-state index contributed by atoms with van der Waals surface area (Å²) in [4.78, 5) is 38.6. The van der Waals surface area contributed by atoms with E-state index < -0.39 is 24.0 Å². The maximum atomic E-state index is 13.6. The summed E-state index contributed by atoms with van der Waals surface area (Å²) in [6, 6.07) is 5.23. The molecule has 2 aliphatic rings. The summed E-state index contributed by atoms with van der Waals surface area (Å²) in [5, 5.41) is 0. The molecule has 2 aromatic carbocycles. The molecular formula is C31H36O9. The molecule has 2 atom stereocenters.